The number of amides is 2. The molecule has 1 aliphatic carbocycles. The number of hydrogen-bond acceptors (Lipinski definition) is 2. The van der Waals surface area contributed by atoms with Gasteiger partial charge in [0.2, 0.25) is 0 Å². The fraction of sp³-hybridized carbons (Fsp3) is 0.714. The van der Waals surface area contributed by atoms with Crippen molar-refractivity contribution in [1.82, 2.24) is 5.32 Å². The predicted molar refractivity (Wildman–Crippen MR) is 39.5 cm³/mol. The number of hydrogen-bond donors (Lipinski definition) is 2. The van der Waals surface area contributed by atoms with Crippen molar-refractivity contribution in [2.45, 2.75) is 19.3 Å². The van der Waals surface area contributed by atoms with E-state index in [1.807, 2.05) is 0 Å². The number of nitrogens with two attached hydrogens (primary N) is 1. The third-order valence-electron chi connectivity index (χ3n) is 2.05. The highest BCUT2D eigenvalue weighted by Gasteiger charge is 2.42. The van der Waals surface area contributed by atoms with Gasteiger partial charge in [0.25, 0.3) is 0 Å². The molecule has 4 nitrogen and oxygen atoms in total. The Morgan fingerprint density at radius 1 is 1.73 bits per heavy atom. The molecule has 0 aromatic heterocycles. The Balaban J connectivity index is 2.26. The SMILES string of the molecule is N#CCC1(CNC(N)=O)CC1. The maximum absolute atomic E-state index is 10.3. The van der Waals surface area contributed by atoms with Crippen LogP contribution in [0.1, 0.15) is 19.3 Å². The van der Waals surface area contributed by atoms with Crippen LogP contribution >= 0.6 is 0 Å². The summed E-state index contributed by atoms with van der Waals surface area (Å²) >= 11 is 0. The van der Waals surface area contributed by atoms with Crippen molar-refractivity contribution in [3.05, 3.63) is 0 Å². The van der Waals surface area contributed by atoms with E-state index < -0.39 is 6.03 Å². The quantitative estimate of drug-likeness (QED) is 0.613. The molecular formula is C7H11N3O. The van der Waals surface area contributed by atoms with E-state index in [2.05, 4.69) is 11.4 Å². The summed E-state index contributed by atoms with van der Waals surface area (Å²) < 4.78 is 0. The minimum atomic E-state index is -0.505. The van der Waals surface area contributed by atoms with Crippen molar-refractivity contribution >= 4 is 6.03 Å². The maximum Gasteiger partial charge on any atom is 0.312 e. The zero-order valence-electron chi connectivity index (χ0n) is 6.26. The van der Waals surface area contributed by atoms with Crippen LogP contribution in [-0.2, 0) is 0 Å². The Hall–Kier alpha value is -1.24. The highest BCUT2D eigenvalue weighted by molar-refractivity contribution is 5.71. The van der Waals surface area contributed by atoms with E-state index in [-0.39, 0.29) is 5.41 Å². The van der Waals surface area contributed by atoms with Gasteiger partial charge >= 0.3 is 6.03 Å². The van der Waals surface area contributed by atoms with Crippen molar-refractivity contribution in [3.63, 3.8) is 0 Å². The van der Waals surface area contributed by atoms with Crippen molar-refractivity contribution < 1.29 is 4.79 Å². The van der Waals surface area contributed by atoms with Crippen LogP contribution < -0.4 is 11.1 Å². The van der Waals surface area contributed by atoms with Crippen LogP contribution in [0, 0.1) is 16.7 Å². The molecule has 4 heteroatoms. The molecule has 60 valence electrons. The van der Waals surface area contributed by atoms with E-state index in [0.29, 0.717) is 13.0 Å². The number of carbonyl (C=O) groups excluding carboxylic acids is 1. The second kappa shape index (κ2) is 2.79. The zero-order chi connectivity index (χ0) is 8.32. The maximum atomic E-state index is 10.3. The first-order chi connectivity index (χ1) is 5.18. The van der Waals surface area contributed by atoms with Gasteiger partial charge in [-0.2, -0.15) is 5.26 Å². The summed E-state index contributed by atoms with van der Waals surface area (Å²) in [6, 6.07) is 1.60. The summed E-state index contributed by atoms with van der Waals surface area (Å²) in [6.07, 6.45) is 2.58. The lowest BCUT2D eigenvalue weighted by molar-refractivity contribution is 0.246. The average molecular weight is 153 g/mol. The predicted octanol–water partition coefficient (Wildman–Crippen LogP) is 0.349. The van der Waals surface area contributed by atoms with Crippen LogP contribution in [0.15, 0.2) is 0 Å². The Labute approximate surface area is 65.4 Å². The molecule has 1 fully saturated rings. The first-order valence-electron chi connectivity index (χ1n) is 3.59. The van der Waals surface area contributed by atoms with Crippen LogP contribution in [0.2, 0.25) is 0 Å². The number of nitrogens with zero attached hydrogens (tertiary/aromatic N) is 1. The topological polar surface area (TPSA) is 78.9 Å². The lowest BCUT2D eigenvalue weighted by Gasteiger charge is -2.09. The van der Waals surface area contributed by atoms with Gasteiger partial charge in [-0.3, -0.25) is 0 Å². The summed E-state index contributed by atoms with van der Waals surface area (Å²) in [5, 5.41) is 10.9. The molecule has 3 N–H and O–H groups in total. The number of nitriles is 1. The van der Waals surface area contributed by atoms with E-state index in [0.717, 1.165) is 12.8 Å². The monoisotopic (exact) mass is 153 g/mol. The smallest absolute Gasteiger partial charge is 0.312 e. The second-order valence-corrected chi connectivity index (χ2v) is 3.05. The van der Waals surface area contributed by atoms with Crippen LogP contribution in [0.5, 0.6) is 0 Å². The molecule has 1 aliphatic rings. The van der Waals surface area contributed by atoms with Gasteiger partial charge in [-0.05, 0) is 12.8 Å². The van der Waals surface area contributed by atoms with Crippen molar-refractivity contribution in [1.29, 1.82) is 5.26 Å². The molecule has 1 saturated carbocycles. The van der Waals surface area contributed by atoms with Crippen LogP contribution in [0.4, 0.5) is 4.79 Å². The molecule has 0 aliphatic heterocycles. The van der Waals surface area contributed by atoms with Crippen molar-refractivity contribution in [2.24, 2.45) is 11.1 Å². The van der Waals surface area contributed by atoms with E-state index in [1.165, 1.54) is 0 Å². The second-order valence-electron chi connectivity index (χ2n) is 3.05. The molecule has 0 bridgehead atoms. The molecule has 0 heterocycles. The standard InChI is InChI=1S/C7H11N3O/c8-4-3-7(1-2-7)5-10-6(9)11/h1-3,5H2,(H3,9,10,11). The van der Waals surface area contributed by atoms with E-state index in [1.54, 1.807) is 0 Å². The Kier molecular flexibility index (Phi) is 1.99. The molecule has 0 radical (unpaired) electrons. The van der Waals surface area contributed by atoms with Gasteiger partial charge in [-0.15, -0.1) is 0 Å². The van der Waals surface area contributed by atoms with Gasteiger partial charge < -0.3 is 11.1 Å². The Morgan fingerprint density at radius 3 is 2.73 bits per heavy atom. The highest BCUT2D eigenvalue weighted by Crippen LogP contribution is 2.47. The Bertz CT molecular complexity index is 202. The van der Waals surface area contributed by atoms with Crippen molar-refractivity contribution in [2.75, 3.05) is 6.54 Å². The average Bonchev–Trinajstić information content (AvgIpc) is 2.67. The largest absolute Gasteiger partial charge is 0.352 e. The lowest BCUT2D eigenvalue weighted by atomic mass is 10.0. The minimum absolute atomic E-state index is 0.0593. The molecule has 0 spiro atoms. The minimum Gasteiger partial charge on any atom is -0.352 e. The third-order valence-corrected chi connectivity index (χ3v) is 2.05. The van der Waals surface area contributed by atoms with Gasteiger partial charge in [0.05, 0.1) is 6.07 Å². The van der Waals surface area contributed by atoms with E-state index >= 15 is 0 Å². The molecule has 1 rings (SSSR count). The van der Waals surface area contributed by atoms with Crippen molar-refractivity contribution in [3.8, 4) is 6.07 Å². The summed E-state index contributed by atoms with van der Waals surface area (Å²) in [5.74, 6) is 0. The normalized spacial score (nSPS) is 18.5. The van der Waals surface area contributed by atoms with Crippen LogP contribution in [0.3, 0.4) is 0 Å². The fourth-order valence-corrected chi connectivity index (χ4v) is 1.04. The molecule has 0 saturated heterocycles. The van der Waals surface area contributed by atoms with Gasteiger partial charge in [0.15, 0.2) is 0 Å². The lowest BCUT2D eigenvalue weighted by Crippen LogP contribution is -2.34. The summed E-state index contributed by atoms with van der Waals surface area (Å²) in [5.41, 5.74) is 4.95. The van der Waals surface area contributed by atoms with E-state index in [4.69, 9.17) is 11.0 Å². The first kappa shape index (κ1) is 7.86. The summed E-state index contributed by atoms with van der Waals surface area (Å²) in [4.78, 5) is 10.3. The van der Waals surface area contributed by atoms with Gasteiger partial charge in [-0.25, -0.2) is 4.79 Å². The highest BCUT2D eigenvalue weighted by atomic mass is 16.2. The van der Waals surface area contributed by atoms with Gasteiger partial charge in [0.1, 0.15) is 0 Å². The molecule has 0 aromatic carbocycles. The molecule has 2 amide bonds. The number of rotatable bonds is 3. The first-order valence-corrected chi connectivity index (χ1v) is 3.59. The molecule has 0 atom stereocenters. The van der Waals surface area contributed by atoms with Gasteiger partial charge in [-0.1, -0.05) is 0 Å². The number of carbonyl (C=O) groups is 1. The Morgan fingerprint density at radius 2 is 2.36 bits per heavy atom. The van der Waals surface area contributed by atoms with Crippen LogP contribution in [0.25, 0.3) is 0 Å². The summed E-state index contributed by atoms with van der Waals surface area (Å²) in [7, 11) is 0. The number of nitrogens with one attached hydrogen (secondary N) is 1. The molecule has 0 unspecified atom stereocenters. The van der Waals surface area contributed by atoms with Crippen LogP contribution in [-0.4, -0.2) is 12.6 Å². The molecular weight excluding hydrogens is 142 g/mol. The zero-order valence-corrected chi connectivity index (χ0v) is 6.26. The number of primary amides is 1. The fourth-order valence-electron chi connectivity index (χ4n) is 1.04. The molecule has 0 aromatic rings. The van der Waals surface area contributed by atoms with E-state index in [9.17, 15) is 4.79 Å². The van der Waals surface area contributed by atoms with Gasteiger partial charge in [0, 0.05) is 18.4 Å². The molecule has 11 heavy (non-hydrogen) atoms. The number of urea groups is 1. The third kappa shape index (κ3) is 2.11. The summed E-state index contributed by atoms with van der Waals surface area (Å²) in [6.45, 7) is 0.551.